The molecule has 0 amide bonds. The van der Waals surface area contributed by atoms with Gasteiger partial charge in [-0.15, -0.1) is 0 Å². The van der Waals surface area contributed by atoms with Crippen LogP contribution in [0.1, 0.15) is 5.69 Å². The van der Waals surface area contributed by atoms with Crippen molar-refractivity contribution in [3.8, 4) is 11.3 Å². The Hall–Kier alpha value is -2.58. The number of rotatable bonds is 5. The highest BCUT2D eigenvalue weighted by Gasteiger charge is 2.18. The molecule has 0 aliphatic rings. The number of aromatic nitrogens is 1. The fourth-order valence-corrected chi connectivity index (χ4v) is 3.11. The summed E-state index contributed by atoms with van der Waals surface area (Å²) in [4.78, 5) is 3.62. The Bertz CT molecular complexity index is 956. The number of sulfonamides is 1. The minimum absolute atomic E-state index is 0.151. The Morgan fingerprint density at radius 3 is 2.50 bits per heavy atom. The van der Waals surface area contributed by atoms with Crippen molar-refractivity contribution >= 4 is 10.0 Å². The van der Waals surface area contributed by atoms with Gasteiger partial charge in [-0.1, -0.05) is 30.3 Å². The van der Waals surface area contributed by atoms with E-state index in [1.807, 2.05) is 18.2 Å². The lowest BCUT2D eigenvalue weighted by molar-refractivity contribution is 0.504. The van der Waals surface area contributed by atoms with E-state index in [2.05, 4.69) is 9.71 Å². The number of hydrogen-bond acceptors (Lipinski definition) is 4. The van der Waals surface area contributed by atoms with Crippen molar-refractivity contribution in [3.05, 3.63) is 72.3 Å². The zero-order chi connectivity index (χ0) is 17.2. The molecule has 1 heterocycles. The monoisotopic (exact) mass is 350 g/mol. The molecule has 124 valence electrons. The molecule has 0 atom stereocenters. The van der Waals surface area contributed by atoms with Gasteiger partial charge >= 0.3 is 0 Å². The molecular weight excluding hydrogens is 338 g/mol. The van der Waals surface area contributed by atoms with Gasteiger partial charge in [0.15, 0.2) is 23.8 Å². The van der Waals surface area contributed by atoms with Gasteiger partial charge in [-0.05, 0) is 18.2 Å². The average molecular weight is 350 g/mol. The summed E-state index contributed by atoms with van der Waals surface area (Å²) < 4.78 is 58.1. The highest BCUT2D eigenvalue weighted by Crippen LogP contribution is 2.23. The molecule has 3 rings (SSSR count). The maximum atomic E-state index is 13.2. The lowest BCUT2D eigenvalue weighted by Crippen LogP contribution is -2.23. The molecule has 3 aromatic rings. The third kappa shape index (κ3) is 3.34. The molecule has 0 fully saturated rings. The van der Waals surface area contributed by atoms with Crippen LogP contribution in [0, 0.1) is 11.6 Å². The Morgan fingerprint density at radius 1 is 1.04 bits per heavy atom. The lowest BCUT2D eigenvalue weighted by Gasteiger charge is -2.07. The van der Waals surface area contributed by atoms with Crippen LogP contribution < -0.4 is 4.72 Å². The van der Waals surface area contributed by atoms with Crippen molar-refractivity contribution in [2.45, 2.75) is 11.4 Å². The first-order valence-corrected chi connectivity index (χ1v) is 8.38. The quantitative estimate of drug-likeness (QED) is 0.767. The van der Waals surface area contributed by atoms with Crippen LogP contribution in [0.3, 0.4) is 0 Å². The average Bonchev–Trinajstić information content (AvgIpc) is 3.05. The molecule has 5 nitrogen and oxygen atoms in total. The van der Waals surface area contributed by atoms with Gasteiger partial charge in [-0.25, -0.2) is 26.9 Å². The van der Waals surface area contributed by atoms with Crippen molar-refractivity contribution < 1.29 is 21.6 Å². The predicted molar refractivity (Wildman–Crippen MR) is 82.3 cm³/mol. The highest BCUT2D eigenvalue weighted by atomic mass is 32.2. The third-order valence-corrected chi connectivity index (χ3v) is 4.71. The maximum absolute atomic E-state index is 13.2. The second kappa shape index (κ2) is 6.50. The Balaban J connectivity index is 1.81. The van der Waals surface area contributed by atoms with Gasteiger partial charge in [0.1, 0.15) is 5.69 Å². The summed E-state index contributed by atoms with van der Waals surface area (Å²) in [5, 5.41) is 0. The summed E-state index contributed by atoms with van der Waals surface area (Å²) in [5.74, 6) is -1.91. The van der Waals surface area contributed by atoms with Gasteiger partial charge in [0.25, 0.3) is 0 Å². The molecular formula is C16H12F2N2O3S. The first-order valence-electron chi connectivity index (χ1n) is 6.90. The van der Waals surface area contributed by atoms with Crippen LogP contribution >= 0.6 is 0 Å². The zero-order valence-corrected chi connectivity index (χ0v) is 13.1. The summed E-state index contributed by atoms with van der Waals surface area (Å²) in [5.41, 5.74) is 1.13. The van der Waals surface area contributed by atoms with Gasteiger partial charge < -0.3 is 4.42 Å². The van der Waals surface area contributed by atoms with E-state index in [0.717, 1.165) is 17.7 Å². The minimum Gasteiger partial charge on any atom is -0.443 e. The smallest absolute Gasteiger partial charge is 0.241 e. The van der Waals surface area contributed by atoms with Crippen LogP contribution in [0.15, 0.2) is 64.2 Å². The molecule has 0 bridgehead atoms. The number of nitrogens with one attached hydrogen (secondary N) is 1. The van der Waals surface area contributed by atoms with Crippen LogP contribution in [-0.2, 0) is 16.6 Å². The Labute approximate surface area is 137 Å². The van der Waals surface area contributed by atoms with Gasteiger partial charge in [-0.2, -0.15) is 0 Å². The van der Waals surface area contributed by atoms with Crippen molar-refractivity contribution in [1.29, 1.82) is 0 Å². The molecule has 8 heteroatoms. The normalized spacial score (nSPS) is 11.6. The number of hydrogen-bond donors (Lipinski definition) is 1. The van der Waals surface area contributed by atoms with Gasteiger partial charge in [0, 0.05) is 5.56 Å². The molecule has 1 N–H and O–H groups in total. The maximum Gasteiger partial charge on any atom is 0.241 e. The highest BCUT2D eigenvalue weighted by molar-refractivity contribution is 7.89. The van der Waals surface area contributed by atoms with Crippen LogP contribution in [-0.4, -0.2) is 13.4 Å². The van der Waals surface area contributed by atoms with Crippen molar-refractivity contribution in [1.82, 2.24) is 9.71 Å². The lowest BCUT2D eigenvalue weighted by atomic mass is 10.1. The van der Waals surface area contributed by atoms with Crippen molar-refractivity contribution in [2.24, 2.45) is 0 Å². The molecule has 0 aliphatic heterocycles. The van der Waals surface area contributed by atoms with Crippen molar-refractivity contribution in [3.63, 3.8) is 0 Å². The largest absolute Gasteiger partial charge is 0.443 e. The SMILES string of the molecule is O=S(=O)(NCc1ncoc1-c1ccccc1)c1ccc(F)c(F)c1. The van der Waals surface area contributed by atoms with E-state index < -0.39 is 21.7 Å². The van der Waals surface area contributed by atoms with Gasteiger partial charge in [-0.3, -0.25) is 0 Å². The first kappa shape index (κ1) is 16.3. The molecule has 24 heavy (non-hydrogen) atoms. The molecule has 0 unspecified atom stereocenters. The molecule has 0 radical (unpaired) electrons. The number of oxazole rings is 1. The van der Waals surface area contributed by atoms with Crippen molar-refractivity contribution in [2.75, 3.05) is 0 Å². The van der Waals surface area contributed by atoms with Crippen LogP contribution in [0.5, 0.6) is 0 Å². The minimum atomic E-state index is -4.01. The summed E-state index contributed by atoms with van der Waals surface area (Å²) in [7, 11) is -4.01. The van der Waals surface area contributed by atoms with E-state index in [1.165, 1.54) is 6.39 Å². The predicted octanol–water partition coefficient (Wildman–Crippen LogP) is 3.10. The number of nitrogens with zero attached hydrogens (tertiary/aromatic N) is 1. The molecule has 0 spiro atoms. The molecule has 1 aromatic heterocycles. The Kier molecular flexibility index (Phi) is 4.41. The fourth-order valence-electron chi connectivity index (χ4n) is 2.11. The topological polar surface area (TPSA) is 72.2 Å². The van der Waals surface area contributed by atoms with E-state index in [1.54, 1.807) is 12.1 Å². The molecule has 0 saturated carbocycles. The van der Waals surface area contributed by atoms with Crippen LogP contribution in [0.25, 0.3) is 11.3 Å². The van der Waals surface area contributed by atoms with Gasteiger partial charge in [0.2, 0.25) is 10.0 Å². The van der Waals surface area contributed by atoms with Crippen LogP contribution in [0.4, 0.5) is 8.78 Å². The van der Waals surface area contributed by atoms with E-state index in [9.17, 15) is 17.2 Å². The zero-order valence-electron chi connectivity index (χ0n) is 12.2. The second-order valence-corrected chi connectivity index (χ2v) is 6.66. The Morgan fingerprint density at radius 2 is 1.79 bits per heavy atom. The van der Waals surface area contributed by atoms with E-state index in [-0.39, 0.29) is 11.4 Å². The van der Waals surface area contributed by atoms with E-state index in [0.29, 0.717) is 17.5 Å². The standard InChI is InChI=1S/C16H12F2N2O3S/c17-13-7-6-12(8-14(13)18)24(21,22)20-9-15-16(23-10-19-15)11-4-2-1-3-5-11/h1-8,10,20H,9H2. The fraction of sp³-hybridized carbons (Fsp3) is 0.0625. The molecule has 2 aromatic carbocycles. The van der Waals surface area contributed by atoms with Gasteiger partial charge in [0.05, 0.1) is 11.4 Å². The second-order valence-electron chi connectivity index (χ2n) is 4.89. The summed E-state index contributed by atoms with van der Waals surface area (Å²) >= 11 is 0. The summed E-state index contributed by atoms with van der Waals surface area (Å²) in [6.45, 7) is -0.151. The van der Waals surface area contributed by atoms with E-state index >= 15 is 0 Å². The first-order chi connectivity index (χ1) is 11.5. The number of benzene rings is 2. The summed E-state index contributed by atoms with van der Waals surface area (Å²) in [6.07, 6.45) is 1.21. The molecule has 0 saturated heterocycles. The summed E-state index contributed by atoms with van der Waals surface area (Å²) in [6, 6.07) is 11.4. The van der Waals surface area contributed by atoms with Crippen LogP contribution in [0.2, 0.25) is 0 Å². The third-order valence-electron chi connectivity index (χ3n) is 3.31. The number of halogens is 2. The van der Waals surface area contributed by atoms with E-state index in [4.69, 9.17) is 4.42 Å². The molecule has 0 aliphatic carbocycles.